The van der Waals surface area contributed by atoms with Crippen LogP contribution >= 0.6 is 12.2 Å². The Morgan fingerprint density at radius 3 is 2.42 bits per heavy atom. The predicted octanol–water partition coefficient (Wildman–Crippen LogP) is 2.97. The van der Waals surface area contributed by atoms with Crippen molar-refractivity contribution < 1.29 is 9.47 Å². The molecule has 0 radical (unpaired) electrons. The van der Waals surface area contributed by atoms with Crippen LogP contribution in [0.25, 0.3) is 0 Å². The molecule has 1 fully saturated rings. The molecule has 0 bridgehead atoms. The fourth-order valence-corrected chi connectivity index (χ4v) is 3.57. The normalized spacial score (nSPS) is 17.0. The number of anilines is 1. The molecule has 1 N–H and O–H groups in total. The molecular formula is C20H23N3O2S. The van der Waals surface area contributed by atoms with Crippen LogP contribution in [0, 0.1) is 0 Å². The lowest BCUT2D eigenvalue weighted by molar-refractivity contribution is 0.171. The van der Waals surface area contributed by atoms with Gasteiger partial charge in [-0.1, -0.05) is 30.3 Å². The van der Waals surface area contributed by atoms with Crippen LogP contribution in [0.1, 0.15) is 5.56 Å². The maximum absolute atomic E-state index is 5.63. The Morgan fingerprint density at radius 2 is 1.65 bits per heavy atom. The van der Waals surface area contributed by atoms with Crippen LogP contribution in [0.2, 0.25) is 0 Å². The van der Waals surface area contributed by atoms with Gasteiger partial charge in [0.05, 0.1) is 0 Å². The van der Waals surface area contributed by atoms with E-state index in [2.05, 4.69) is 45.4 Å². The van der Waals surface area contributed by atoms with Crippen LogP contribution in [-0.4, -0.2) is 54.3 Å². The van der Waals surface area contributed by atoms with Crippen LogP contribution in [0.4, 0.5) is 5.69 Å². The molecule has 2 aliphatic heterocycles. The molecule has 4 rings (SSSR count). The third kappa shape index (κ3) is 4.08. The molecule has 0 atom stereocenters. The van der Waals surface area contributed by atoms with Crippen LogP contribution in [-0.2, 0) is 6.54 Å². The number of hydrogen-bond donors (Lipinski definition) is 1. The molecule has 2 aromatic carbocycles. The maximum Gasteiger partial charge on any atom is 0.173 e. The first-order valence-corrected chi connectivity index (χ1v) is 9.40. The lowest BCUT2D eigenvalue weighted by Gasteiger charge is -2.36. The van der Waals surface area contributed by atoms with Crippen LogP contribution in [0.5, 0.6) is 11.5 Å². The molecule has 136 valence electrons. The van der Waals surface area contributed by atoms with Gasteiger partial charge in [0, 0.05) is 44.5 Å². The van der Waals surface area contributed by atoms with Crippen molar-refractivity contribution in [3.05, 3.63) is 54.1 Å². The lowest BCUT2D eigenvalue weighted by Crippen LogP contribution is -2.49. The number of nitrogens with one attached hydrogen (secondary N) is 1. The Balaban J connectivity index is 1.30. The standard InChI is InChI=1S/C20H23N3O2S/c26-20(21-17-6-7-18-19(14-17)25-13-12-24-18)23-10-8-22(9-11-23)15-16-4-2-1-3-5-16/h1-7,14H,8-13,15H2,(H,21,26). The second-order valence-corrected chi connectivity index (χ2v) is 6.92. The molecule has 5 nitrogen and oxygen atoms in total. The minimum Gasteiger partial charge on any atom is -0.486 e. The summed E-state index contributed by atoms with van der Waals surface area (Å²) in [5.74, 6) is 1.57. The summed E-state index contributed by atoms with van der Waals surface area (Å²) >= 11 is 5.60. The van der Waals surface area contributed by atoms with Crippen LogP contribution < -0.4 is 14.8 Å². The number of piperazine rings is 1. The van der Waals surface area contributed by atoms with Crippen molar-refractivity contribution >= 4 is 23.0 Å². The zero-order chi connectivity index (χ0) is 17.8. The highest BCUT2D eigenvalue weighted by Gasteiger charge is 2.19. The Morgan fingerprint density at radius 1 is 0.923 bits per heavy atom. The molecule has 0 saturated carbocycles. The Hall–Kier alpha value is -2.31. The zero-order valence-electron chi connectivity index (χ0n) is 14.7. The SMILES string of the molecule is S=C(Nc1ccc2c(c1)OCCO2)N1CCN(Cc2ccccc2)CC1. The molecule has 2 aliphatic rings. The molecular weight excluding hydrogens is 346 g/mol. The highest BCUT2D eigenvalue weighted by atomic mass is 32.1. The topological polar surface area (TPSA) is 37.0 Å². The average Bonchev–Trinajstić information content (AvgIpc) is 2.69. The van der Waals surface area contributed by atoms with Crippen molar-refractivity contribution in [1.29, 1.82) is 0 Å². The monoisotopic (exact) mass is 369 g/mol. The number of thiocarbonyl (C=S) groups is 1. The number of hydrogen-bond acceptors (Lipinski definition) is 4. The van der Waals surface area contributed by atoms with Gasteiger partial charge in [0.15, 0.2) is 16.6 Å². The van der Waals surface area contributed by atoms with Crippen molar-refractivity contribution in [3.8, 4) is 11.5 Å². The third-order valence-corrected chi connectivity index (χ3v) is 5.06. The summed E-state index contributed by atoms with van der Waals surface area (Å²) in [4.78, 5) is 4.70. The molecule has 0 aromatic heterocycles. The quantitative estimate of drug-likeness (QED) is 0.839. The predicted molar refractivity (Wildman–Crippen MR) is 107 cm³/mol. The van der Waals surface area contributed by atoms with E-state index in [0.29, 0.717) is 13.2 Å². The summed E-state index contributed by atoms with van der Waals surface area (Å²) in [6.07, 6.45) is 0. The summed E-state index contributed by atoms with van der Waals surface area (Å²) < 4.78 is 11.2. The van der Waals surface area contributed by atoms with Gasteiger partial charge < -0.3 is 19.7 Å². The van der Waals surface area contributed by atoms with Gasteiger partial charge in [-0.15, -0.1) is 0 Å². The molecule has 0 aliphatic carbocycles. The second kappa shape index (κ2) is 7.93. The molecule has 0 spiro atoms. The van der Waals surface area contributed by atoms with Crippen LogP contribution in [0.3, 0.4) is 0 Å². The van der Waals surface area contributed by atoms with E-state index in [1.807, 2.05) is 18.2 Å². The van der Waals surface area contributed by atoms with E-state index in [1.54, 1.807) is 0 Å². The number of fused-ring (bicyclic) bond motifs is 1. The third-order valence-electron chi connectivity index (χ3n) is 4.70. The summed E-state index contributed by atoms with van der Waals surface area (Å²) in [6.45, 7) is 6.08. The fraction of sp³-hybridized carbons (Fsp3) is 0.350. The largest absolute Gasteiger partial charge is 0.486 e. The number of nitrogens with zero attached hydrogens (tertiary/aromatic N) is 2. The minimum absolute atomic E-state index is 0.588. The first-order valence-electron chi connectivity index (χ1n) is 9.00. The van der Waals surface area contributed by atoms with Crippen molar-refractivity contribution in [2.24, 2.45) is 0 Å². The van der Waals surface area contributed by atoms with E-state index >= 15 is 0 Å². The van der Waals surface area contributed by atoms with E-state index in [4.69, 9.17) is 21.7 Å². The highest BCUT2D eigenvalue weighted by Crippen LogP contribution is 2.32. The van der Waals surface area contributed by atoms with Gasteiger partial charge in [-0.25, -0.2) is 0 Å². The summed E-state index contributed by atoms with van der Waals surface area (Å²) in [5.41, 5.74) is 2.30. The van der Waals surface area contributed by atoms with E-state index in [-0.39, 0.29) is 0 Å². The summed E-state index contributed by atoms with van der Waals surface area (Å²) in [5, 5.41) is 4.09. The minimum atomic E-state index is 0.588. The summed E-state index contributed by atoms with van der Waals surface area (Å²) in [7, 11) is 0. The summed E-state index contributed by atoms with van der Waals surface area (Å²) in [6, 6.07) is 16.5. The maximum atomic E-state index is 5.63. The van der Waals surface area contributed by atoms with Gasteiger partial charge in [0.25, 0.3) is 0 Å². The van der Waals surface area contributed by atoms with Gasteiger partial charge in [-0.3, -0.25) is 4.90 Å². The Labute approximate surface area is 159 Å². The average molecular weight is 369 g/mol. The van der Waals surface area contributed by atoms with Gasteiger partial charge in [-0.2, -0.15) is 0 Å². The molecule has 6 heteroatoms. The van der Waals surface area contributed by atoms with E-state index in [0.717, 1.165) is 55.0 Å². The van der Waals surface area contributed by atoms with E-state index < -0.39 is 0 Å². The Kier molecular flexibility index (Phi) is 5.22. The van der Waals surface area contributed by atoms with Crippen molar-refractivity contribution in [3.63, 3.8) is 0 Å². The second-order valence-electron chi connectivity index (χ2n) is 6.54. The first-order chi connectivity index (χ1) is 12.8. The molecule has 0 amide bonds. The molecule has 26 heavy (non-hydrogen) atoms. The Bertz CT molecular complexity index is 761. The zero-order valence-corrected chi connectivity index (χ0v) is 15.5. The lowest BCUT2D eigenvalue weighted by atomic mass is 10.2. The fourth-order valence-electron chi connectivity index (χ4n) is 3.27. The highest BCUT2D eigenvalue weighted by molar-refractivity contribution is 7.80. The molecule has 2 aromatic rings. The van der Waals surface area contributed by atoms with Crippen molar-refractivity contribution in [2.75, 3.05) is 44.7 Å². The van der Waals surface area contributed by atoms with Crippen molar-refractivity contribution in [2.45, 2.75) is 6.54 Å². The van der Waals surface area contributed by atoms with Gasteiger partial charge >= 0.3 is 0 Å². The first kappa shape index (κ1) is 17.1. The van der Waals surface area contributed by atoms with E-state index in [9.17, 15) is 0 Å². The van der Waals surface area contributed by atoms with Crippen molar-refractivity contribution in [1.82, 2.24) is 9.80 Å². The van der Waals surface area contributed by atoms with Gasteiger partial charge in [-0.05, 0) is 29.9 Å². The molecule has 2 heterocycles. The molecule has 1 saturated heterocycles. The smallest absolute Gasteiger partial charge is 0.173 e. The molecule has 0 unspecified atom stereocenters. The van der Waals surface area contributed by atoms with E-state index in [1.165, 1.54) is 5.56 Å². The van der Waals surface area contributed by atoms with Gasteiger partial charge in [0.1, 0.15) is 13.2 Å². The number of ether oxygens (including phenoxy) is 2. The van der Waals surface area contributed by atoms with Crippen LogP contribution in [0.15, 0.2) is 48.5 Å². The number of benzene rings is 2. The number of rotatable bonds is 3. The van der Waals surface area contributed by atoms with Gasteiger partial charge in [0.2, 0.25) is 0 Å².